The summed E-state index contributed by atoms with van der Waals surface area (Å²) in [5, 5.41) is 13.4. The second-order valence-electron chi connectivity index (χ2n) is 9.39. The van der Waals surface area contributed by atoms with E-state index >= 15 is 0 Å². The van der Waals surface area contributed by atoms with E-state index < -0.39 is 6.10 Å². The zero-order valence-electron chi connectivity index (χ0n) is 21.4. The lowest BCUT2D eigenvalue weighted by Gasteiger charge is -2.20. The number of rotatable bonds is 21. The van der Waals surface area contributed by atoms with Gasteiger partial charge in [-0.25, -0.2) is 0 Å². The number of nitrogens with zero attached hydrogens (tertiary/aromatic N) is 1. The van der Waals surface area contributed by atoms with E-state index in [4.69, 9.17) is 0 Å². The van der Waals surface area contributed by atoms with Crippen molar-refractivity contribution in [2.75, 3.05) is 0 Å². The van der Waals surface area contributed by atoms with E-state index in [9.17, 15) is 9.90 Å². The number of amides is 1. The molecule has 0 saturated heterocycles. The average molecular weight is 459 g/mol. The van der Waals surface area contributed by atoms with Crippen LogP contribution in [0.3, 0.4) is 0 Å². The third-order valence-corrected chi connectivity index (χ3v) is 6.36. The Morgan fingerprint density at radius 3 is 1.91 bits per heavy atom. The number of carbonyl (C=O) groups excluding carboxylic acids is 1. The maximum atomic E-state index is 12.3. The number of aliphatic hydroxyl groups is 1. The van der Waals surface area contributed by atoms with E-state index in [0.29, 0.717) is 12.8 Å². The molecule has 1 aromatic heterocycles. The molecule has 0 saturated carbocycles. The van der Waals surface area contributed by atoms with Crippen LogP contribution in [0, 0.1) is 0 Å². The van der Waals surface area contributed by atoms with Crippen molar-refractivity contribution >= 4 is 12.0 Å². The van der Waals surface area contributed by atoms with Crippen LogP contribution < -0.4 is 5.32 Å². The van der Waals surface area contributed by atoms with Gasteiger partial charge in [-0.05, 0) is 31.1 Å². The number of hydrogen-bond donors (Lipinski definition) is 2. The predicted molar refractivity (Wildman–Crippen MR) is 141 cm³/mol. The maximum Gasteiger partial charge on any atom is 0.220 e. The molecular weight excluding hydrogens is 408 g/mol. The van der Waals surface area contributed by atoms with Gasteiger partial charge in [0.1, 0.15) is 0 Å². The number of pyridine rings is 1. The number of unbranched alkanes of at least 4 members (excludes halogenated alkanes) is 14. The molecule has 0 aliphatic carbocycles. The van der Waals surface area contributed by atoms with Crippen LogP contribution in [0.4, 0.5) is 0 Å². The van der Waals surface area contributed by atoms with Crippen LogP contribution in [0.1, 0.15) is 129 Å². The summed E-state index contributed by atoms with van der Waals surface area (Å²) in [4.78, 5) is 16.5. The van der Waals surface area contributed by atoms with E-state index in [-0.39, 0.29) is 11.9 Å². The quantitative estimate of drug-likeness (QED) is 0.186. The average Bonchev–Trinajstić information content (AvgIpc) is 2.84. The van der Waals surface area contributed by atoms with Gasteiger partial charge in [-0.3, -0.25) is 9.78 Å². The topological polar surface area (TPSA) is 62.2 Å². The lowest BCUT2D eigenvalue weighted by Crippen LogP contribution is -2.42. The van der Waals surface area contributed by atoms with Crippen molar-refractivity contribution < 1.29 is 9.90 Å². The molecule has 1 rings (SSSR count). The minimum absolute atomic E-state index is 0.0434. The van der Waals surface area contributed by atoms with Gasteiger partial charge in [-0.15, -0.1) is 0 Å². The Kier molecular flexibility index (Phi) is 18.6. The Bertz CT molecular complexity index is 603. The molecule has 0 bridgehead atoms. The van der Waals surface area contributed by atoms with Crippen LogP contribution in [0.5, 0.6) is 0 Å². The molecule has 1 amide bonds. The Hall–Kier alpha value is -1.68. The second-order valence-corrected chi connectivity index (χ2v) is 9.39. The highest BCUT2D eigenvalue weighted by Crippen LogP contribution is 2.14. The van der Waals surface area contributed by atoms with Crippen LogP contribution in [0.25, 0.3) is 6.08 Å². The van der Waals surface area contributed by atoms with Crippen molar-refractivity contribution in [2.24, 2.45) is 0 Å². The highest BCUT2D eigenvalue weighted by molar-refractivity contribution is 5.76. The van der Waals surface area contributed by atoms with Crippen molar-refractivity contribution in [3.8, 4) is 0 Å². The number of nitrogens with one attached hydrogen (secondary N) is 1. The van der Waals surface area contributed by atoms with Gasteiger partial charge in [0.2, 0.25) is 5.91 Å². The Labute approximate surface area is 203 Å². The van der Waals surface area contributed by atoms with E-state index in [1.165, 1.54) is 83.5 Å². The number of aromatic nitrogens is 1. The lowest BCUT2D eigenvalue weighted by molar-refractivity contribution is -0.122. The molecular formula is C29H50N2O2. The van der Waals surface area contributed by atoms with Gasteiger partial charge in [0.05, 0.1) is 17.8 Å². The number of hydrogen-bond acceptors (Lipinski definition) is 3. The van der Waals surface area contributed by atoms with Gasteiger partial charge in [-0.2, -0.15) is 0 Å². The van der Waals surface area contributed by atoms with Gasteiger partial charge in [0, 0.05) is 12.6 Å². The predicted octanol–water partition coefficient (Wildman–Crippen LogP) is 7.61. The third kappa shape index (κ3) is 16.6. The Balaban J connectivity index is 1.98. The van der Waals surface area contributed by atoms with Crippen LogP contribution >= 0.6 is 0 Å². The van der Waals surface area contributed by atoms with Crippen LogP contribution in [-0.4, -0.2) is 28.1 Å². The summed E-state index contributed by atoms with van der Waals surface area (Å²) in [6.45, 7) is 4.26. The molecule has 188 valence electrons. The summed E-state index contributed by atoms with van der Waals surface area (Å²) in [6, 6.07) is 5.41. The first-order valence-corrected chi connectivity index (χ1v) is 13.7. The molecule has 2 N–H and O–H groups in total. The normalized spacial score (nSPS) is 13.3. The number of aliphatic hydroxyl groups excluding tert-OH is 1. The lowest BCUT2D eigenvalue weighted by atomic mass is 10.0. The van der Waals surface area contributed by atoms with E-state index in [0.717, 1.165) is 18.5 Å². The standard InChI is InChI=1S/C29H50N2O2/c1-3-5-6-7-8-9-10-11-12-13-14-15-16-17-18-22-29(33)31-27(4-2)28(32)24-23-26-21-19-20-25-30-26/h19-21,23-25,27-28,32H,3-18,22H2,1-2H3,(H,31,33)/b24-23-/t27-,28+/m0/s1. The summed E-state index contributed by atoms with van der Waals surface area (Å²) in [5.41, 5.74) is 0.801. The van der Waals surface area contributed by atoms with Crippen LogP contribution in [0.2, 0.25) is 0 Å². The summed E-state index contributed by atoms with van der Waals surface area (Å²) in [6.07, 6.45) is 25.6. The molecule has 1 aromatic rings. The smallest absolute Gasteiger partial charge is 0.220 e. The second kappa shape index (κ2) is 20.9. The Morgan fingerprint density at radius 1 is 0.879 bits per heavy atom. The first-order valence-electron chi connectivity index (χ1n) is 13.7. The van der Waals surface area contributed by atoms with Crippen LogP contribution in [0.15, 0.2) is 30.5 Å². The molecule has 0 aromatic carbocycles. The third-order valence-electron chi connectivity index (χ3n) is 6.36. The van der Waals surface area contributed by atoms with Crippen molar-refractivity contribution in [3.63, 3.8) is 0 Å². The molecule has 0 aliphatic rings. The van der Waals surface area contributed by atoms with Crippen molar-refractivity contribution in [1.29, 1.82) is 0 Å². The summed E-state index contributed by atoms with van der Waals surface area (Å²) < 4.78 is 0. The van der Waals surface area contributed by atoms with Gasteiger partial charge >= 0.3 is 0 Å². The van der Waals surface area contributed by atoms with Crippen molar-refractivity contribution in [1.82, 2.24) is 10.3 Å². The molecule has 33 heavy (non-hydrogen) atoms. The first-order chi connectivity index (χ1) is 16.2. The van der Waals surface area contributed by atoms with E-state index in [2.05, 4.69) is 17.2 Å². The fourth-order valence-electron chi connectivity index (χ4n) is 4.17. The van der Waals surface area contributed by atoms with Gasteiger partial charge in [0.15, 0.2) is 0 Å². The summed E-state index contributed by atoms with van der Waals surface area (Å²) >= 11 is 0. The summed E-state index contributed by atoms with van der Waals surface area (Å²) in [5.74, 6) is 0.0434. The van der Waals surface area contributed by atoms with Crippen LogP contribution in [-0.2, 0) is 4.79 Å². The monoisotopic (exact) mass is 458 g/mol. The summed E-state index contributed by atoms with van der Waals surface area (Å²) in [7, 11) is 0. The zero-order valence-corrected chi connectivity index (χ0v) is 21.4. The molecule has 0 spiro atoms. The SMILES string of the molecule is CCCCCCCCCCCCCCCCCC(=O)N[C@@H](CC)[C@H](O)/C=C\c1ccccn1. The highest BCUT2D eigenvalue weighted by Gasteiger charge is 2.17. The minimum atomic E-state index is -0.706. The minimum Gasteiger partial charge on any atom is -0.387 e. The fourth-order valence-corrected chi connectivity index (χ4v) is 4.17. The molecule has 0 fully saturated rings. The Morgan fingerprint density at radius 2 is 1.42 bits per heavy atom. The van der Waals surface area contributed by atoms with Crippen molar-refractivity contribution in [2.45, 2.75) is 135 Å². The molecule has 4 nitrogen and oxygen atoms in total. The van der Waals surface area contributed by atoms with Gasteiger partial charge in [0.25, 0.3) is 0 Å². The largest absolute Gasteiger partial charge is 0.387 e. The molecule has 0 aliphatic heterocycles. The van der Waals surface area contributed by atoms with Crippen molar-refractivity contribution in [3.05, 3.63) is 36.2 Å². The maximum absolute atomic E-state index is 12.3. The van der Waals surface area contributed by atoms with E-state index in [1.54, 1.807) is 18.3 Å². The van der Waals surface area contributed by atoms with Gasteiger partial charge < -0.3 is 10.4 Å². The molecule has 4 heteroatoms. The fraction of sp³-hybridized carbons (Fsp3) is 0.724. The first kappa shape index (κ1) is 29.4. The molecule has 2 atom stereocenters. The highest BCUT2D eigenvalue weighted by atomic mass is 16.3. The molecule has 1 heterocycles. The molecule has 0 radical (unpaired) electrons. The molecule has 0 unspecified atom stereocenters. The zero-order chi connectivity index (χ0) is 24.0. The van der Waals surface area contributed by atoms with Gasteiger partial charge in [-0.1, -0.05) is 116 Å². The number of carbonyl (C=O) groups is 1. The van der Waals surface area contributed by atoms with E-state index in [1.807, 2.05) is 25.1 Å².